The van der Waals surface area contributed by atoms with Crippen LogP contribution in [0.4, 0.5) is 6.01 Å². The number of oxazole rings is 1. The minimum absolute atomic E-state index is 0.537. The number of aryl methyl sites for hydroxylation is 3. The van der Waals surface area contributed by atoms with Crippen LogP contribution in [0.5, 0.6) is 5.75 Å². The number of ether oxygens (including phenoxy) is 1. The Hall–Kier alpha value is -1.97. The van der Waals surface area contributed by atoms with Gasteiger partial charge in [-0.05, 0) is 44.0 Å². The van der Waals surface area contributed by atoms with Gasteiger partial charge in [-0.2, -0.15) is 4.98 Å². The number of benzene rings is 1. The Kier molecular flexibility index (Phi) is 3.28. The molecule has 0 spiro atoms. The first kappa shape index (κ1) is 12.5. The fourth-order valence-electron chi connectivity index (χ4n) is 2.02. The van der Waals surface area contributed by atoms with Crippen molar-refractivity contribution < 1.29 is 9.15 Å². The second-order valence-electron chi connectivity index (χ2n) is 4.31. The standard InChI is InChI=1S/C14H18N2O2/c1-8-7-12(17-5)9(2)6-11(8)13-10(3)18-14(15-4)16-13/h6-7H,1-5H3,(H,15,16). The average Bonchev–Trinajstić information content (AvgIpc) is 2.73. The Morgan fingerprint density at radius 2 is 1.89 bits per heavy atom. The molecule has 0 saturated carbocycles. The third kappa shape index (κ3) is 2.06. The Labute approximate surface area is 107 Å². The molecule has 0 saturated heterocycles. The van der Waals surface area contributed by atoms with Crippen LogP contribution >= 0.6 is 0 Å². The summed E-state index contributed by atoms with van der Waals surface area (Å²) >= 11 is 0. The van der Waals surface area contributed by atoms with Crippen molar-refractivity contribution in [3.8, 4) is 17.0 Å². The van der Waals surface area contributed by atoms with Crippen molar-refractivity contribution >= 4 is 6.01 Å². The van der Waals surface area contributed by atoms with Gasteiger partial charge in [0.1, 0.15) is 17.2 Å². The summed E-state index contributed by atoms with van der Waals surface area (Å²) in [4.78, 5) is 4.44. The zero-order chi connectivity index (χ0) is 13.3. The van der Waals surface area contributed by atoms with Crippen LogP contribution in [0.25, 0.3) is 11.3 Å². The number of anilines is 1. The highest BCUT2D eigenvalue weighted by Crippen LogP contribution is 2.32. The summed E-state index contributed by atoms with van der Waals surface area (Å²) in [6.07, 6.45) is 0. The summed E-state index contributed by atoms with van der Waals surface area (Å²) in [5, 5.41) is 2.91. The topological polar surface area (TPSA) is 47.3 Å². The molecule has 18 heavy (non-hydrogen) atoms. The number of hydrogen-bond donors (Lipinski definition) is 1. The fraction of sp³-hybridized carbons (Fsp3) is 0.357. The van der Waals surface area contributed by atoms with Crippen LogP contribution < -0.4 is 10.1 Å². The highest BCUT2D eigenvalue weighted by Gasteiger charge is 2.14. The molecule has 4 nitrogen and oxygen atoms in total. The molecular weight excluding hydrogens is 228 g/mol. The highest BCUT2D eigenvalue weighted by molar-refractivity contribution is 5.68. The summed E-state index contributed by atoms with van der Waals surface area (Å²) in [6, 6.07) is 4.64. The monoisotopic (exact) mass is 246 g/mol. The molecule has 0 aliphatic heterocycles. The molecule has 2 aromatic rings. The van der Waals surface area contributed by atoms with E-state index < -0.39 is 0 Å². The van der Waals surface area contributed by atoms with E-state index in [1.54, 1.807) is 14.2 Å². The molecule has 1 N–H and O–H groups in total. The van der Waals surface area contributed by atoms with Crippen LogP contribution in [-0.4, -0.2) is 19.1 Å². The van der Waals surface area contributed by atoms with Crippen molar-refractivity contribution in [2.45, 2.75) is 20.8 Å². The third-order valence-electron chi connectivity index (χ3n) is 3.01. The van der Waals surface area contributed by atoms with Crippen LogP contribution in [0.15, 0.2) is 16.5 Å². The summed E-state index contributed by atoms with van der Waals surface area (Å²) in [6.45, 7) is 5.99. The van der Waals surface area contributed by atoms with Crippen LogP contribution in [0.2, 0.25) is 0 Å². The van der Waals surface area contributed by atoms with Gasteiger partial charge in [-0.25, -0.2) is 0 Å². The molecule has 2 rings (SSSR count). The summed E-state index contributed by atoms with van der Waals surface area (Å²) in [7, 11) is 3.48. The SMILES string of the molecule is CNc1nc(-c2cc(C)c(OC)cc2C)c(C)o1. The number of rotatable bonds is 3. The molecule has 0 aliphatic rings. The first-order valence-corrected chi connectivity index (χ1v) is 5.87. The van der Waals surface area contributed by atoms with Gasteiger partial charge < -0.3 is 14.5 Å². The first-order chi connectivity index (χ1) is 8.56. The van der Waals surface area contributed by atoms with Crippen molar-refractivity contribution in [2.75, 3.05) is 19.5 Å². The molecule has 0 unspecified atom stereocenters. The Morgan fingerprint density at radius 3 is 2.44 bits per heavy atom. The molecule has 1 aromatic carbocycles. The minimum atomic E-state index is 0.537. The van der Waals surface area contributed by atoms with Gasteiger partial charge >= 0.3 is 0 Å². The number of hydrogen-bond acceptors (Lipinski definition) is 4. The van der Waals surface area contributed by atoms with E-state index in [9.17, 15) is 0 Å². The molecular formula is C14H18N2O2. The largest absolute Gasteiger partial charge is 0.496 e. The molecule has 0 atom stereocenters. The molecule has 0 bridgehead atoms. The molecule has 0 aliphatic carbocycles. The van der Waals surface area contributed by atoms with E-state index in [-0.39, 0.29) is 0 Å². The van der Waals surface area contributed by atoms with Crippen LogP contribution in [0.3, 0.4) is 0 Å². The predicted octanol–water partition coefficient (Wildman–Crippen LogP) is 3.32. The van der Waals surface area contributed by atoms with Crippen molar-refractivity contribution in [1.29, 1.82) is 0 Å². The van der Waals surface area contributed by atoms with E-state index in [0.717, 1.165) is 33.9 Å². The molecule has 0 radical (unpaired) electrons. The highest BCUT2D eigenvalue weighted by atomic mass is 16.5. The lowest BCUT2D eigenvalue weighted by Gasteiger charge is -2.09. The maximum atomic E-state index is 5.52. The lowest BCUT2D eigenvalue weighted by atomic mass is 10.0. The lowest BCUT2D eigenvalue weighted by Crippen LogP contribution is -1.93. The zero-order valence-corrected chi connectivity index (χ0v) is 11.4. The first-order valence-electron chi connectivity index (χ1n) is 5.87. The van der Waals surface area contributed by atoms with Gasteiger partial charge in [-0.1, -0.05) is 0 Å². The van der Waals surface area contributed by atoms with Crippen molar-refractivity contribution in [1.82, 2.24) is 4.98 Å². The average molecular weight is 246 g/mol. The van der Waals surface area contributed by atoms with E-state index >= 15 is 0 Å². The molecule has 96 valence electrons. The Bertz CT molecular complexity index is 573. The van der Waals surface area contributed by atoms with E-state index in [1.165, 1.54) is 0 Å². The molecule has 0 amide bonds. The second-order valence-corrected chi connectivity index (χ2v) is 4.31. The third-order valence-corrected chi connectivity index (χ3v) is 3.01. The summed E-state index contributed by atoms with van der Waals surface area (Å²) in [5.74, 6) is 1.71. The van der Waals surface area contributed by atoms with Crippen molar-refractivity contribution in [2.24, 2.45) is 0 Å². The Balaban J connectivity index is 2.56. The van der Waals surface area contributed by atoms with Gasteiger partial charge in [0.05, 0.1) is 7.11 Å². The maximum absolute atomic E-state index is 5.52. The van der Waals surface area contributed by atoms with E-state index in [4.69, 9.17) is 9.15 Å². The van der Waals surface area contributed by atoms with Crippen molar-refractivity contribution in [3.63, 3.8) is 0 Å². The van der Waals surface area contributed by atoms with Gasteiger partial charge in [0, 0.05) is 12.6 Å². The minimum Gasteiger partial charge on any atom is -0.496 e. The maximum Gasteiger partial charge on any atom is 0.295 e. The Morgan fingerprint density at radius 1 is 1.17 bits per heavy atom. The molecule has 1 heterocycles. The lowest BCUT2D eigenvalue weighted by molar-refractivity contribution is 0.411. The fourth-order valence-corrected chi connectivity index (χ4v) is 2.02. The van der Waals surface area contributed by atoms with Gasteiger partial charge in [0.25, 0.3) is 6.01 Å². The summed E-state index contributed by atoms with van der Waals surface area (Å²) in [5.41, 5.74) is 4.17. The van der Waals surface area contributed by atoms with Gasteiger partial charge in [0.15, 0.2) is 0 Å². The van der Waals surface area contributed by atoms with Gasteiger partial charge in [-0.15, -0.1) is 0 Å². The van der Waals surface area contributed by atoms with Gasteiger partial charge in [0.2, 0.25) is 0 Å². The van der Waals surface area contributed by atoms with E-state index in [0.29, 0.717) is 6.01 Å². The summed E-state index contributed by atoms with van der Waals surface area (Å²) < 4.78 is 10.8. The molecule has 0 fully saturated rings. The van der Waals surface area contributed by atoms with Crippen LogP contribution in [0.1, 0.15) is 16.9 Å². The van der Waals surface area contributed by atoms with E-state index in [1.807, 2.05) is 26.8 Å². The second kappa shape index (κ2) is 4.72. The van der Waals surface area contributed by atoms with Crippen LogP contribution in [-0.2, 0) is 0 Å². The molecule has 4 heteroatoms. The quantitative estimate of drug-likeness (QED) is 0.902. The predicted molar refractivity (Wildman–Crippen MR) is 72.2 cm³/mol. The van der Waals surface area contributed by atoms with E-state index in [2.05, 4.69) is 16.4 Å². The van der Waals surface area contributed by atoms with Gasteiger partial charge in [-0.3, -0.25) is 0 Å². The number of nitrogens with zero attached hydrogens (tertiary/aromatic N) is 1. The van der Waals surface area contributed by atoms with Crippen LogP contribution in [0, 0.1) is 20.8 Å². The number of nitrogens with one attached hydrogen (secondary N) is 1. The number of aromatic nitrogens is 1. The normalized spacial score (nSPS) is 10.5. The number of methoxy groups -OCH3 is 1. The smallest absolute Gasteiger partial charge is 0.295 e. The van der Waals surface area contributed by atoms with Crippen molar-refractivity contribution in [3.05, 3.63) is 29.0 Å². The zero-order valence-electron chi connectivity index (χ0n) is 11.4. The molecule has 1 aromatic heterocycles.